The molecule has 0 aliphatic heterocycles. The number of aryl methyl sites for hydroxylation is 2. The third-order valence-electron chi connectivity index (χ3n) is 2.28. The van der Waals surface area contributed by atoms with Gasteiger partial charge in [0, 0.05) is 12.4 Å². The maximum absolute atomic E-state index is 5.85. The van der Waals surface area contributed by atoms with E-state index in [1.54, 1.807) is 18.5 Å². The van der Waals surface area contributed by atoms with Gasteiger partial charge in [-0.3, -0.25) is 4.98 Å². The molecule has 0 aliphatic carbocycles. The van der Waals surface area contributed by atoms with Gasteiger partial charge in [-0.25, -0.2) is 4.98 Å². The molecule has 0 saturated carbocycles. The Morgan fingerprint density at radius 1 is 1.12 bits per heavy atom. The van der Waals surface area contributed by atoms with Crippen molar-refractivity contribution in [2.75, 3.05) is 5.73 Å². The molecule has 0 fully saturated rings. The van der Waals surface area contributed by atoms with Crippen LogP contribution in [0.4, 0.5) is 5.69 Å². The largest absolute Gasteiger partial charge is 0.435 e. The minimum Gasteiger partial charge on any atom is -0.435 e. The van der Waals surface area contributed by atoms with Gasteiger partial charge >= 0.3 is 0 Å². The molecule has 4 heteroatoms. The summed E-state index contributed by atoms with van der Waals surface area (Å²) >= 11 is 0. The van der Waals surface area contributed by atoms with Crippen LogP contribution in [0.25, 0.3) is 0 Å². The first-order chi connectivity index (χ1) is 7.68. The summed E-state index contributed by atoms with van der Waals surface area (Å²) in [5, 5.41) is 0. The van der Waals surface area contributed by atoms with Crippen molar-refractivity contribution in [2.45, 2.75) is 13.8 Å². The zero-order valence-corrected chi connectivity index (χ0v) is 9.27. The number of ether oxygens (including phenoxy) is 1. The number of aromatic nitrogens is 2. The molecule has 0 saturated heterocycles. The van der Waals surface area contributed by atoms with Gasteiger partial charge in [0.2, 0.25) is 5.88 Å². The summed E-state index contributed by atoms with van der Waals surface area (Å²) in [6.07, 6.45) is 3.22. The fourth-order valence-corrected chi connectivity index (χ4v) is 1.41. The van der Waals surface area contributed by atoms with Crippen LogP contribution in [-0.2, 0) is 0 Å². The number of anilines is 1. The van der Waals surface area contributed by atoms with Crippen molar-refractivity contribution in [3.8, 4) is 11.6 Å². The summed E-state index contributed by atoms with van der Waals surface area (Å²) in [6, 6.07) is 5.63. The molecule has 0 bridgehead atoms. The zero-order chi connectivity index (χ0) is 11.5. The highest BCUT2D eigenvalue weighted by molar-refractivity contribution is 5.57. The van der Waals surface area contributed by atoms with Crippen LogP contribution in [0.1, 0.15) is 11.3 Å². The second-order valence-corrected chi connectivity index (χ2v) is 3.54. The van der Waals surface area contributed by atoms with E-state index in [0.717, 1.165) is 11.3 Å². The van der Waals surface area contributed by atoms with Crippen LogP contribution in [0, 0.1) is 13.8 Å². The van der Waals surface area contributed by atoms with Gasteiger partial charge in [-0.05, 0) is 25.5 Å². The third kappa shape index (κ3) is 1.95. The molecule has 82 valence electrons. The lowest BCUT2D eigenvalue weighted by Gasteiger charge is -2.11. The number of hydrogen-bond acceptors (Lipinski definition) is 4. The van der Waals surface area contributed by atoms with Crippen molar-refractivity contribution >= 4 is 5.69 Å². The number of nitrogen functional groups attached to an aromatic ring is 1. The van der Waals surface area contributed by atoms with E-state index >= 15 is 0 Å². The SMILES string of the molecule is Cc1cccc(N)c1Oc1nccnc1C. The summed E-state index contributed by atoms with van der Waals surface area (Å²) in [5.41, 5.74) is 8.17. The monoisotopic (exact) mass is 215 g/mol. The maximum atomic E-state index is 5.85. The molecule has 2 N–H and O–H groups in total. The molecule has 0 unspecified atom stereocenters. The lowest BCUT2D eigenvalue weighted by atomic mass is 10.2. The van der Waals surface area contributed by atoms with Crippen LogP contribution in [-0.4, -0.2) is 9.97 Å². The van der Waals surface area contributed by atoms with Gasteiger partial charge in [-0.2, -0.15) is 0 Å². The Morgan fingerprint density at radius 2 is 1.88 bits per heavy atom. The van der Waals surface area contributed by atoms with E-state index in [1.807, 2.05) is 26.0 Å². The molecule has 1 aromatic heterocycles. The first-order valence-corrected chi connectivity index (χ1v) is 4.99. The molecule has 1 aromatic carbocycles. The summed E-state index contributed by atoms with van der Waals surface area (Å²) in [7, 11) is 0. The molecule has 2 rings (SSSR count). The van der Waals surface area contributed by atoms with Crippen molar-refractivity contribution in [3.05, 3.63) is 41.9 Å². The van der Waals surface area contributed by atoms with E-state index < -0.39 is 0 Å². The van der Waals surface area contributed by atoms with E-state index in [4.69, 9.17) is 10.5 Å². The second-order valence-electron chi connectivity index (χ2n) is 3.54. The second kappa shape index (κ2) is 4.18. The molecule has 2 aromatic rings. The van der Waals surface area contributed by atoms with Crippen LogP contribution in [0.5, 0.6) is 11.6 Å². The molecule has 4 nitrogen and oxygen atoms in total. The number of para-hydroxylation sites is 1. The topological polar surface area (TPSA) is 61.0 Å². The zero-order valence-electron chi connectivity index (χ0n) is 9.27. The Kier molecular flexibility index (Phi) is 2.72. The Hall–Kier alpha value is -2.10. The number of rotatable bonds is 2. The summed E-state index contributed by atoms with van der Waals surface area (Å²) in [6.45, 7) is 3.79. The number of hydrogen-bond donors (Lipinski definition) is 1. The highest BCUT2D eigenvalue weighted by Crippen LogP contribution is 2.30. The molecule has 1 heterocycles. The lowest BCUT2D eigenvalue weighted by Crippen LogP contribution is -1.98. The first-order valence-electron chi connectivity index (χ1n) is 4.99. The normalized spacial score (nSPS) is 10.1. The van der Waals surface area contributed by atoms with Crippen LogP contribution in [0.2, 0.25) is 0 Å². The molecular weight excluding hydrogens is 202 g/mol. The summed E-state index contributed by atoms with van der Waals surface area (Å²) in [4.78, 5) is 8.22. The van der Waals surface area contributed by atoms with Crippen LogP contribution in [0.15, 0.2) is 30.6 Å². The first kappa shape index (κ1) is 10.4. The third-order valence-corrected chi connectivity index (χ3v) is 2.28. The number of nitrogens with zero attached hydrogens (tertiary/aromatic N) is 2. The summed E-state index contributed by atoms with van der Waals surface area (Å²) in [5.74, 6) is 1.13. The van der Waals surface area contributed by atoms with E-state index in [2.05, 4.69) is 9.97 Å². The number of benzene rings is 1. The molecule has 0 amide bonds. The van der Waals surface area contributed by atoms with Gasteiger partial charge in [0.25, 0.3) is 0 Å². The van der Waals surface area contributed by atoms with Gasteiger partial charge in [0.15, 0.2) is 5.75 Å². The maximum Gasteiger partial charge on any atom is 0.240 e. The smallest absolute Gasteiger partial charge is 0.240 e. The fraction of sp³-hybridized carbons (Fsp3) is 0.167. The Balaban J connectivity index is 2.38. The fourth-order valence-electron chi connectivity index (χ4n) is 1.41. The lowest BCUT2D eigenvalue weighted by molar-refractivity contribution is 0.454. The Bertz CT molecular complexity index is 491. The minimum atomic E-state index is 0.489. The molecule has 16 heavy (non-hydrogen) atoms. The van der Waals surface area contributed by atoms with Gasteiger partial charge in [0.05, 0.1) is 11.4 Å². The van der Waals surface area contributed by atoms with E-state index in [9.17, 15) is 0 Å². The average Bonchev–Trinajstić information content (AvgIpc) is 2.26. The Morgan fingerprint density at radius 3 is 2.56 bits per heavy atom. The van der Waals surface area contributed by atoms with Crippen molar-refractivity contribution in [1.29, 1.82) is 0 Å². The quantitative estimate of drug-likeness (QED) is 0.782. The van der Waals surface area contributed by atoms with E-state index in [1.165, 1.54) is 0 Å². The Labute approximate surface area is 94.1 Å². The molecule has 0 radical (unpaired) electrons. The standard InChI is InChI=1S/C12H13N3O/c1-8-4-3-5-10(13)11(8)16-12-9(2)14-6-7-15-12/h3-7H,13H2,1-2H3. The molecule has 0 spiro atoms. The van der Waals surface area contributed by atoms with Crippen LogP contribution >= 0.6 is 0 Å². The van der Waals surface area contributed by atoms with Crippen LogP contribution in [0.3, 0.4) is 0 Å². The molecule has 0 aliphatic rings. The van der Waals surface area contributed by atoms with E-state index in [-0.39, 0.29) is 0 Å². The number of nitrogens with two attached hydrogens (primary N) is 1. The predicted octanol–water partition coefficient (Wildman–Crippen LogP) is 2.47. The highest BCUT2D eigenvalue weighted by atomic mass is 16.5. The van der Waals surface area contributed by atoms with Gasteiger partial charge in [-0.1, -0.05) is 12.1 Å². The van der Waals surface area contributed by atoms with Gasteiger partial charge in [-0.15, -0.1) is 0 Å². The van der Waals surface area contributed by atoms with Crippen molar-refractivity contribution < 1.29 is 4.74 Å². The van der Waals surface area contributed by atoms with Gasteiger partial charge < -0.3 is 10.5 Å². The predicted molar refractivity (Wildman–Crippen MR) is 62.4 cm³/mol. The minimum absolute atomic E-state index is 0.489. The van der Waals surface area contributed by atoms with Crippen molar-refractivity contribution in [2.24, 2.45) is 0 Å². The molecular formula is C12H13N3O. The van der Waals surface area contributed by atoms with Crippen LogP contribution < -0.4 is 10.5 Å². The average molecular weight is 215 g/mol. The van der Waals surface area contributed by atoms with E-state index in [0.29, 0.717) is 17.3 Å². The molecule has 0 atom stereocenters. The van der Waals surface area contributed by atoms with Crippen molar-refractivity contribution in [3.63, 3.8) is 0 Å². The summed E-state index contributed by atoms with van der Waals surface area (Å²) < 4.78 is 5.67. The highest BCUT2D eigenvalue weighted by Gasteiger charge is 2.08. The van der Waals surface area contributed by atoms with Crippen molar-refractivity contribution in [1.82, 2.24) is 9.97 Å². The van der Waals surface area contributed by atoms with Gasteiger partial charge in [0.1, 0.15) is 0 Å².